The van der Waals surface area contributed by atoms with E-state index < -0.39 is 0 Å². The maximum atomic E-state index is 5.93. The second-order valence-corrected chi connectivity index (χ2v) is 7.29. The minimum Gasteiger partial charge on any atom is -0.309 e. The molecule has 3 nitrogen and oxygen atoms in total. The molecule has 3 heterocycles. The highest BCUT2D eigenvalue weighted by Crippen LogP contribution is 2.26. The third kappa shape index (κ3) is 3.15. The van der Waals surface area contributed by atoms with Crippen LogP contribution in [0.5, 0.6) is 0 Å². The molecule has 3 aromatic rings. The van der Waals surface area contributed by atoms with Crippen LogP contribution in [0.2, 0.25) is 0 Å². The molecule has 1 unspecified atom stereocenters. The van der Waals surface area contributed by atoms with Crippen molar-refractivity contribution in [3.8, 4) is 0 Å². The summed E-state index contributed by atoms with van der Waals surface area (Å²) in [7, 11) is 0. The Morgan fingerprint density at radius 2 is 2.33 bits per heavy atom. The summed E-state index contributed by atoms with van der Waals surface area (Å²) in [5, 5.41) is 2.11. The summed E-state index contributed by atoms with van der Waals surface area (Å²) in [5.41, 5.74) is 1.85. The first-order valence-electron chi connectivity index (χ1n) is 6.79. The molecule has 0 N–H and O–H groups in total. The van der Waals surface area contributed by atoms with Crippen LogP contribution in [-0.4, -0.2) is 20.4 Å². The van der Waals surface area contributed by atoms with Crippen LogP contribution < -0.4 is 0 Å². The standard InChI is InChI=1S/C15H15BrClN3S/c1-10(7-12-3-2-6-21-12)20-14(4-5-17)19-13-8-11(16)9-18-15(13)20/h2-3,6,8-10H,4-5,7H2,1H3. The van der Waals surface area contributed by atoms with Gasteiger partial charge in [0.1, 0.15) is 11.3 Å². The van der Waals surface area contributed by atoms with E-state index in [2.05, 4.69) is 49.9 Å². The third-order valence-electron chi connectivity index (χ3n) is 3.41. The Morgan fingerprint density at radius 1 is 1.48 bits per heavy atom. The Bertz CT molecular complexity index is 739. The number of nitrogens with zero attached hydrogens (tertiary/aromatic N) is 3. The summed E-state index contributed by atoms with van der Waals surface area (Å²) >= 11 is 11.2. The number of pyridine rings is 1. The average molecular weight is 385 g/mol. The van der Waals surface area contributed by atoms with Gasteiger partial charge in [-0.25, -0.2) is 9.97 Å². The molecule has 110 valence electrons. The van der Waals surface area contributed by atoms with E-state index in [1.807, 2.05) is 12.3 Å². The van der Waals surface area contributed by atoms with Crippen molar-refractivity contribution in [2.24, 2.45) is 0 Å². The van der Waals surface area contributed by atoms with Crippen LogP contribution >= 0.6 is 38.9 Å². The Hall–Kier alpha value is -0.910. The Balaban J connectivity index is 2.03. The molecule has 21 heavy (non-hydrogen) atoms. The van der Waals surface area contributed by atoms with Crippen molar-refractivity contribution in [3.63, 3.8) is 0 Å². The molecule has 0 fully saturated rings. The lowest BCUT2D eigenvalue weighted by atomic mass is 10.2. The monoisotopic (exact) mass is 383 g/mol. The fraction of sp³-hybridized carbons (Fsp3) is 0.333. The molecule has 0 radical (unpaired) electrons. The van der Waals surface area contributed by atoms with E-state index in [1.54, 1.807) is 11.3 Å². The van der Waals surface area contributed by atoms with Crippen LogP contribution in [-0.2, 0) is 12.8 Å². The Kier molecular flexibility index (Phi) is 4.62. The summed E-state index contributed by atoms with van der Waals surface area (Å²) in [6, 6.07) is 6.58. The number of fused-ring (bicyclic) bond motifs is 1. The number of alkyl halides is 1. The first-order valence-corrected chi connectivity index (χ1v) is 9.00. The number of thiophene rings is 1. The minimum atomic E-state index is 0.306. The van der Waals surface area contributed by atoms with Gasteiger partial charge in [0, 0.05) is 40.3 Å². The van der Waals surface area contributed by atoms with Crippen molar-refractivity contribution in [1.82, 2.24) is 14.5 Å². The van der Waals surface area contributed by atoms with Crippen LogP contribution in [0.4, 0.5) is 0 Å². The number of hydrogen-bond acceptors (Lipinski definition) is 3. The average Bonchev–Trinajstić information content (AvgIpc) is 3.05. The van der Waals surface area contributed by atoms with Gasteiger partial charge in [0.25, 0.3) is 0 Å². The molecule has 3 aromatic heterocycles. The molecule has 0 amide bonds. The summed E-state index contributed by atoms with van der Waals surface area (Å²) < 4.78 is 3.17. The van der Waals surface area contributed by atoms with Gasteiger partial charge in [0.15, 0.2) is 5.65 Å². The highest BCUT2D eigenvalue weighted by molar-refractivity contribution is 9.10. The van der Waals surface area contributed by atoms with E-state index in [0.29, 0.717) is 11.9 Å². The lowest BCUT2D eigenvalue weighted by molar-refractivity contribution is 0.538. The van der Waals surface area contributed by atoms with Crippen LogP contribution in [0.15, 0.2) is 34.2 Å². The molecular formula is C15H15BrClN3S. The Morgan fingerprint density at radius 3 is 3.05 bits per heavy atom. The predicted octanol–water partition coefficient (Wildman–Crippen LogP) is 4.84. The SMILES string of the molecule is CC(Cc1cccs1)n1c(CCCl)nc2cc(Br)cnc21. The second-order valence-electron chi connectivity index (χ2n) is 4.97. The van der Waals surface area contributed by atoms with Gasteiger partial charge in [-0.05, 0) is 40.4 Å². The van der Waals surface area contributed by atoms with E-state index in [9.17, 15) is 0 Å². The zero-order chi connectivity index (χ0) is 14.8. The fourth-order valence-electron chi connectivity index (χ4n) is 2.54. The highest BCUT2D eigenvalue weighted by Gasteiger charge is 2.17. The first-order chi connectivity index (χ1) is 10.2. The summed E-state index contributed by atoms with van der Waals surface area (Å²) in [6.45, 7) is 2.21. The molecule has 0 saturated carbocycles. The van der Waals surface area contributed by atoms with Gasteiger partial charge in [-0.3, -0.25) is 0 Å². The van der Waals surface area contributed by atoms with Gasteiger partial charge in [-0.1, -0.05) is 6.07 Å². The van der Waals surface area contributed by atoms with Crippen molar-refractivity contribution >= 4 is 50.0 Å². The molecular weight excluding hydrogens is 370 g/mol. The van der Waals surface area contributed by atoms with Crippen LogP contribution in [0.3, 0.4) is 0 Å². The number of hydrogen-bond donors (Lipinski definition) is 0. The lowest BCUT2D eigenvalue weighted by Gasteiger charge is -2.16. The van der Waals surface area contributed by atoms with E-state index in [0.717, 1.165) is 34.3 Å². The lowest BCUT2D eigenvalue weighted by Crippen LogP contribution is -2.12. The molecule has 0 spiro atoms. The van der Waals surface area contributed by atoms with Crippen molar-refractivity contribution in [1.29, 1.82) is 0 Å². The summed E-state index contributed by atoms with van der Waals surface area (Å²) in [5.74, 6) is 1.57. The molecule has 0 saturated heterocycles. The molecule has 6 heteroatoms. The van der Waals surface area contributed by atoms with Gasteiger partial charge < -0.3 is 4.57 Å². The number of rotatable bonds is 5. The number of aromatic nitrogens is 3. The van der Waals surface area contributed by atoms with Crippen molar-refractivity contribution in [2.45, 2.75) is 25.8 Å². The van der Waals surface area contributed by atoms with E-state index in [4.69, 9.17) is 16.6 Å². The molecule has 0 aliphatic carbocycles. The zero-order valence-corrected chi connectivity index (χ0v) is 14.7. The normalized spacial score (nSPS) is 12.9. The molecule has 0 aliphatic heterocycles. The second kappa shape index (κ2) is 6.46. The fourth-order valence-corrected chi connectivity index (χ4v) is 3.85. The van der Waals surface area contributed by atoms with Gasteiger partial charge in [-0.15, -0.1) is 22.9 Å². The number of imidazole rings is 1. The van der Waals surface area contributed by atoms with Gasteiger partial charge in [0.05, 0.1) is 0 Å². The van der Waals surface area contributed by atoms with E-state index >= 15 is 0 Å². The van der Waals surface area contributed by atoms with Gasteiger partial charge >= 0.3 is 0 Å². The number of halogens is 2. The van der Waals surface area contributed by atoms with Crippen molar-refractivity contribution in [3.05, 3.63) is 45.0 Å². The van der Waals surface area contributed by atoms with Gasteiger partial charge in [0.2, 0.25) is 0 Å². The van der Waals surface area contributed by atoms with Crippen molar-refractivity contribution < 1.29 is 0 Å². The number of aryl methyl sites for hydroxylation is 1. The van der Waals surface area contributed by atoms with Crippen LogP contribution in [0, 0.1) is 0 Å². The molecule has 0 aromatic carbocycles. The summed E-state index contributed by atoms with van der Waals surface area (Å²) in [6.07, 6.45) is 3.56. The van der Waals surface area contributed by atoms with Crippen LogP contribution in [0.25, 0.3) is 11.2 Å². The van der Waals surface area contributed by atoms with Gasteiger partial charge in [-0.2, -0.15) is 0 Å². The molecule has 1 atom stereocenters. The summed E-state index contributed by atoms with van der Waals surface area (Å²) in [4.78, 5) is 10.6. The molecule has 3 rings (SSSR count). The van der Waals surface area contributed by atoms with E-state index in [-0.39, 0.29) is 0 Å². The minimum absolute atomic E-state index is 0.306. The smallest absolute Gasteiger partial charge is 0.160 e. The largest absolute Gasteiger partial charge is 0.309 e. The van der Waals surface area contributed by atoms with Crippen molar-refractivity contribution in [2.75, 3.05) is 5.88 Å². The maximum absolute atomic E-state index is 5.93. The quantitative estimate of drug-likeness (QED) is 0.589. The predicted molar refractivity (Wildman–Crippen MR) is 92.4 cm³/mol. The zero-order valence-electron chi connectivity index (χ0n) is 11.6. The topological polar surface area (TPSA) is 30.7 Å². The maximum Gasteiger partial charge on any atom is 0.160 e. The Labute approximate surface area is 141 Å². The first kappa shape index (κ1) is 15.0. The van der Waals surface area contributed by atoms with Crippen LogP contribution in [0.1, 0.15) is 23.7 Å². The third-order valence-corrected chi connectivity index (χ3v) is 4.93. The van der Waals surface area contributed by atoms with E-state index in [1.165, 1.54) is 4.88 Å². The molecule has 0 aliphatic rings. The molecule has 0 bridgehead atoms. The highest BCUT2D eigenvalue weighted by atomic mass is 79.9.